The normalized spacial score (nSPS) is 34.5. The van der Waals surface area contributed by atoms with Crippen molar-refractivity contribution in [1.29, 1.82) is 0 Å². The first kappa shape index (κ1) is 26.2. The quantitative estimate of drug-likeness (QED) is 0.434. The van der Waals surface area contributed by atoms with E-state index >= 15 is 0 Å². The molecule has 2 atom stereocenters. The number of carbonyl (C=O) groups excluding carboxylic acids is 2. The number of thioether (sulfide) groups is 1. The van der Waals surface area contributed by atoms with Gasteiger partial charge in [0.05, 0.1) is 16.4 Å². The van der Waals surface area contributed by atoms with Crippen LogP contribution in [0.4, 0.5) is 0 Å². The Morgan fingerprint density at radius 3 is 2.15 bits per heavy atom. The van der Waals surface area contributed by atoms with Gasteiger partial charge in [-0.2, -0.15) is 0 Å². The summed E-state index contributed by atoms with van der Waals surface area (Å²) in [6.07, 6.45) is 8.99. The second-order valence-corrected chi connectivity index (χ2v) is 14.5. The SMILES string of the molecule is CCN(C(=O)C1CCC(NC(=O)CC2CCC(S(=O)(=O)CC3CC3)CC2)CC1)C1NNC(C)S1. The fraction of sp³-hybridized carbons (Fsp3) is 0.917. The second-order valence-electron chi connectivity index (χ2n) is 10.8. The lowest BCUT2D eigenvalue weighted by Crippen LogP contribution is -2.50. The van der Waals surface area contributed by atoms with E-state index in [0.717, 1.165) is 51.4 Å². The molecule has 3 N–H and O–H groups in total. The molecule has 1 heterocycles. The molecular formula is C24H42N4O4S2. The number of amides is 2. The number of hydrogen-bond donors (Lipinski definition) is 3. The number of rotatable bonds is 9. The number of nitrogens with one attached hydrogen (secondary N) is 3. The molecule has 0 aromatic carbocycles. The molecule has 1 aliphatic heterocycles. The van der Waals surface area contributed by atoms with Crippen LogP contribution in [0.1, 0.15) is 84.5 Å². The fourth-order valence-corrected chi connectivity index (χ4v) is 9.06. The molecule has 194 valence electrons. The summed E-state index contributed by atoms with van der Waals surface area (Å²) in [6, 6.07) is 0.141. The Bertz CT molecular complexity index is 819. The van der Waals surface area contributed by atoms with Crippen LogP contribution in [0.2, 0.25) is 0 Å². The van der Waals surface area contributed by atoms with Crippen molar-refractivity contribution < 1.29 is 18.0 Å². The third-order valence-electron chi connectivity index (χ3n) is 8.03. The minimum absolute atomic E-state index is 0.0243. The predicted molar refractivity (Wildman–Crippen MR) is 135 cm³/mol. The van der Waals surface area contributed by atoms with Crippen molar-refractivity contribution >= 4 is 33.4 Å². The Labute approximate surface area is 209 Å². The van der Waals surface area contributed by atoms with Gasteiger partial charge < -0.3 is 10.2 Å². The van der Waals surface area contributed by atoms with Crippen molar-refractivity contribution in [3.8, 4) is 0 Å². The highest BCUT2D eigenvalue weighted by Crippen LogP contribution is 2.36. The van der Waals surface area contributed by atoms with Gasteiger partial charge in [0.1, 0.15) is 5.50 Å². The maximum absolute atomic E-state index is 13.1. The molecule has 0 aromatic heterocycles. The molecule has 2 amide bonds. The van der Waals surface area contributed by atoms with E-state index in [1.54, 1.807) is 11.8 Å². The molecule has 2 unspecified atom stereocenters. The zero-order valence-corrected chi connectivity index (χ0v) is 22.3. The highest BCUT2D eigenvalue weighted by molar-refractivity contribution is 8.00. The summed E-state index contributed by atoms with van der Waals surface area (Å²) in [7, 11) is -2.96. The molecule has 0 spiro atoms. The smallest absolute Gasteiger partial charge is 0.227 e. The first-order valence-corrected chi connectivity index (χ1v) is 15.9. The molecule has 4 fully saturated rings. The van der Waals surface area contributed by atoms with Crippen LogP contribution >= 0.6 is 11.8 Å². The standard InChI is InChI=1S/C24H42N4O4S2/c1-3-28(24-27-26-16(2)33-24)23(30)19-8-10-20(11-9-19)25-22(29)14-17-6-12-21(13-7-17)34(31,32)15-18-4-5-18/h16-21,24,26-27H,3-15H2,1-2H3,(H,25,29). The Morgan fingerprint density at radius 2 is 1.59 bits per heavy atom. The average Bonchev–Trinajstić information content (AvgIpc) is 3.51. The van der Waals surface area contributed by atoms with E-state index in [9.17, 15) is 18.0 Å². The second kappa shape index (κ2) is 11.5. The van der Waals surface area contributed by atoms with Crippen LogP contribution in [-0.2, 0) is 19.4 Å². The van der Waals surface area contributed by atoms with Gasteiger partial charge in [0, 0.05) is 24.9 Å². The summed E-state index contributed by atoms with van der Waals surface area (Å²) in [5, 5.41) is 3.28. The van der Waals surface area contributed by atoms with Gasteiger partial charge in [0.15, 0.2) is 9.84 Å². The van der Waals surface area contributed by atoms with Gasteiger partial charge in [0.25, 0.3) is 0 Å². The van der Waals surface area contributed by atoms with Gasteiger partial charge in [0.2, 0.25) is 11.8 Å². The van der Waals surface area contributed by atoms with Gasteiger partial charge in [-0.3, -0.25) is 9.59 Å². The first-order valence-electron chi connectivity index (χ1n) is 13.2. The number of nitrogens with zero attached hydrogens (tertiary/aromatic N) is 1. The van der Waals surface area contributed by atoms with E-state index in [-0.39, 0.29) is 45.8 Å². The third-order valence-corrected chi connectivity index (χ3v) is 11.6. The lowest BCUT2D eigenvalue weighted by atomic mass is 9.84. The lowest BCUT2D eigenvalue weighted by Gasteiger charge is -2.34. The van der Waals surface area contributed by atoms with Crippen LogP contribution in [0.25, 0.3) is 0 Å². The average molecular weight is 515 g/mol. The third kappa shape index (κ3) is 6.89. The molecule has 0 aromatic rings. The summed E-state index contributed by atoms with van der Waals surface area (Å²) in [6.45, 7) is 4.77. The largest absolute Gasteiger partial charge is 0.353 e. The summed E-state index contributed by atoms with van der Waals surface area (Å²) < 4.78 is 25.1. The van der Waals surface area contributed by atoms with Gasteiger partial charge in [-0.05, 0) is 89.9 Å². The summed E-state index contributed by atoms with van der Waals surface area (Å²) >= 11 is 1.71. The van der Waals surface area contributed by atoms with E-state index in [1.165, 1.54) is 0 Å². The van der Waals surface area contributed by atoms with Crippen LogP contribution in [0.15, 0.2) is 0 Å². The van der Waals surface area contributed by atoms with Crippen molar-refractivity contribution in [2.75, 3.05) is 12.3 Å². The highest BCUT2D eigenvalue weighted by atomic mass is 32.2. The molecule has 1 saturated heterocycles. The van der Waals surface area contributed by atoms with Gasteiger partial charge >= 0.3 is 0 Å². The Kier molecular flexibility index (Phi) is 8.85. The van der Waals surface area contributed by atoms with Crippen LogP contribution in [-0.4, -0.2) is 59.6 Å². The number of hydrogen-bond acceptors (Lipinski definition) is 7. The maximum Gasteiger partial charge on any atom is 0.227 e. The summed E-state index contributed by atoms with van der Waals surface area (Å²) in [5.74, 6) is 1.39. The van der Waals surface area contributed by atoms with E-state index in [1.807, 2.05) is 11.8 Å². The molecule has 10 heteroatoms. The van der Waals surface area contributed by atoms with Gasteiger partial charge in [-0.1, -0.05) is 0 Å². The maximum atomic E-state index is 13.1. The molecule has 0 bridgehead atoms. The van der Waals surface area contributed by atoms with Gasteiger partial charge in [-0.15, -0.1) is 11.8 Å². The monoisotopic (exact) mass is 514 g/mol. The van der Waals surface area contributed by atoms with Crippen LogP contribution < -0.4 is 16.2 Å². The van der Waals surface area contributed by atoms with Gasteiger partial charge in [-0.25, -0.2) is 19.3 Å². The van der Waals surface area contributed by atoms with E-state index < -0.39 is 9.84 Å². The van der Waals surface area contributed by atoms with Crippen molar-refractivity contribution in [3.05, 3.63) is 0 Å². The number of hydrazine groups is 1. The molecule has 4 rings (SSSR count). The Hall–Kier alpha value is -0.840. The zero-order chi connectivity index (χ0) is 24.3. The van der Waals surface area contributed by atoms with E-state index in [4.69, 9.17) is 0 Å². The summed E-state index contributed by atoms with van der Waals surface area (Å²) in [5.41, 5.74) is 6.34. The van der Waals surface area contributed by atoms with E-state index in [0.29, 0.717) is 37.5 Å². The Balaban J connectivity index is 1.15. The molecule has 4 aliphatic rings. The number of carbonyl (C=O) groups is 2. The Morgan fingerprint density at radius 1 is 0.941 bits per heavy atom. The molecule has 34 heavy (non-hydrogen) atoms. The number of sulfone groups is 1. The molecule has 8 nitrogen and oxygen atoms in total. The van der Waals surface area contributed by atoms with Crippen LogP contribution in [0.3, 0.4) is 0 Å². The molecule has 3 aliphatic carbocycles. The van der Waals surface area contributed by atoms with Crippen molar-refractivity contribution in [2.45, 2.75) is 107 Å². The lowest BCUT2D eigenvalue weighted by molar-refractivity contribution is -0.137. The van der Waals surface area contributed by atoms with Crippen molar-refractivity contribution in [3.63, 3.8) is 0 Å². The minimum atomic E-state index is -2.96. The van der Waals surface area contributed by atoms with Crippen LogP contribution in [0.5, 0.6) is 0 Å². The molecule has 3 saturated carbocycles. The zero-order valence-electron chi connectivity index (χ0n) is 20.6. The minimum Gasteiger partial charge on any atom is -0.353 e. The van der Waals surface area contributed by atoms with Crippen molar-refractivity contribution in [1.82, 2.24) is 21.1 Å². The highest BCUT2D eigenvalue weighted by Gasteiger charge is 2.37. The fourth-order valence-electron chi connectivity index (χ4n) is 5.75. The topological polar surface area (TPSA) is 108 Å². The molecular weight excluding hydrogens is 472 g/mol. The van der Waals surface area contributed by atoms with Crippen molar-refractivity contribution in [2.24, 2.45) is 17.8 Å². The van der Waals surface area contributed by atoms with Crippen LogP contribution in [0, 0.1) is 17.8 Å². The predicted octanol–water partition coefficient (Wildman–Crippen LogP) is 2.75. The molecule has 0 radical (unpaired) electrons. The summed E-state index contributed by atoms with van der Waals surface area (Å²) in [4.78, 5) is 27.7. The first-order chi connectivity index (χ1) is 16.2. The van der Waals surface area contributed by atoms with E-state index in [2.05, 4.69) is 23.1 Å².